The lowest BCUT2D eigenvalue weighted by molar-refractivity contribution is -0.274. The molecule has 2 aromatic rings. The average molecular weight is 738 g/mol. The van der Waals surface area contributed by atoms with Gasteiger partial charge in [-0.25, -0.2) is 17.5 Å². The molecular formula is C30H37BrF4N4O6S. The second-order valence-corrected chi connectivity index (χ2v) is 14.2. The molecule has 0 aliphatic carbocycles. The quantitative estimate of drug-likeness (QED) is 0.266. The Balaban J connectivity index is 1.50. The van der Waals surface area contributed by atoms with Gasteiger partial charge in [0.2, 0.25) is 21.8 Å². The number of benzene rings is 2. The first-order chi connectivity index (χ1) is 21.7. The van der Waals surface area contributed by atoms with E-state index in [0.717, 1.165) is 44.3 Å². The van der Waals surface area contributed by atoms with Gasteiger partial charge in [-0.15, -0.1) is 13.2 Å². The second kappa shape index (κ2) is 15.9. The molecule has 2 aliphatic rings. The Labute approximate surface area is 273 Å². The maximum Gasteiger partial charge on any atom is 0.573 e. The maximum atomic E-state index is 14.4. The number of carbonyl (C=O) groups excluding carboxylic acids is 2. The van der Waals surface area contributed by atoms with Gasteiger partial charge in [-0.3, -0.25) is 9.59 Å². The first-order valence-electron chi connectivity index (χ1n) is 14.8. The average Bonchev–Trinajstić information content (AvgIpc) is 3.41. The molecule has 16 heteroatoms. The van der Waals surface area contributed by atoms with Gasteiger partial charge < -0.3 is 25.0 Å². The zero-order valence-electron chi connectivity index (χ0n) is 25.1. The van der Waals surface area contributed by atoms with E-state index >= 15 is 0 Å². The van der Waals surface area contributed by atoms with Crippen LogP contribution in [0.15, 0.2) is 46.9 Å². The number of likely N-dealkylation sites (tertiary alicyclic amines) is 1. The highest BCUT2D eigenvalue weighted by Crippen LogP contribution is 2.27. The van der Waals surface area contributed by atoms with E-state index in [4.69, 9.17) is 4.74 Å². The number of piperidine rings is 1. The summed E-state index contributed by atoms with van der Waals surface area (Å²) in [4.78, 5) is 28.7. The smallest absolute Gasteiger partial charge is 0.406 e. The van der Waals surface area contributed by atoms with E-state index in [1.165, 1.54) is 23.1 Å². The van der Waals surface area contributed by atoms with Crippen molar-refractivity contribution in [2.24, 2.45) is 5.92 Å². The molecule has 0 unspecified atom stereocenters. The molecule has 0 saturated carbocycles. The topological polar surface area (TPSA) is 126 Å². The number of nitrogens with one attached hydrogen (secondary N) is 3. The Kier molecular flexibility index (Phi) is 12.4. The van der Waals surface area contributed by atoms with Crippen LogP contribution < -0.4 is 20.1 Å². The first-order valence-corrected chi connectivity index (χ1v) is 17.5. The van der Waals surface area contributed by atoms with Gasteiger partial charge >= 0.3 is 6.36 Å². The number of hydrogen-bond donors (Lipinski definition) is 3. The first kappa shape index (κ1) is 36.1. The van der Waals surface area contributed by atoms with Crippen LogP contribution >= 0.6 is 15.9 Å². The third kappa shape index (κ3) is 11.2. The van der Waals surface area contributed by atoms with Crippen molar-refractivity contribution in [3.63, 3.8) is 0 Å². The number of ether oxygens (including phenoxy) is 2. The molecule has 10 nitrogen and oxygen atoms in total. The molecule has 2 saturated heterocycles. The minimum Gasteiger partial charge on any atom is -0.406 e. The van der Waals surface area contributed by atoms with Crippen molar-refractivity contribution >= 4 is 37.8 Å². The lowest BCUT2D eigenvalue weighted by Crippen LogP contribution is -2.53. The molecular weight excluding hydrogens is 700 g/mol. The van der Waals surface area contributed by atoms with Gasteiger partial charge in [-0.1, -0.05) is 34.1 Å². The minimum atomic E-state index is -4.88. The monoisotopic (exact) mass is 736 g/mol. The Morgan fingerprint density at radius 1 is 1.15 bits per heavy atom. The zero-order chi connectivity index (χ0) is 33.5. The van der Waals surface area contributed by atoms with Gasteiger partial charge in [0.25, 0.3) is 0 Å². The zero-order valence-corrected chi connectivity index (χ0v) is 27.5. The van der Waals surface area contributed by atoms with Gasteiger partial charge in [-0.05, 0) is 74.5 Å². The molecule has 46 heavy (non-hydrogen) atoms. The fourth-order valence-corrected chi connectivity index (χ4v) is 6.75. The summed E-state index contributed by atoms with van der Waals surface area (Å²) in [6.07, 6.45) is -1.96. The second-order valence-electron chi connectivity index (χ2n) is 11.5. The van der Waals surface area contributed by atoms with E-state index in [1.807, 2.05) is 0 Å². The standard InChI is InChI=1S/C30H37BrF4N4O6S/c1-46(42,43)38-26(8-5-19-9-11-36-12-10-19)29(41)39-17-24(44-18-21-6-7-22(31)14-25(21)32)15-27(39)28(40)37-16-20-3-2-4-23(13-20)45-30(33,34)35/h2-4,6-7,13-14,19,24,26-27,36,38H,5,8-12,15-18H2,1H3,(H,37,40)/t24-,26-,27+/m1/s1. The Hall–Kier alpha value is -2.79. The van der Waals surface area contributed by atoms with E-state index in [-0.39, 0.29) is 38.1 Å². The molecule has 3 atom stereocenters. The number of amides is 2. The predicted molar refractivity (Wildman–Crippen MR) is 164 cm³/mol. The van der Waals surface area contributed by atoms with E-state index in [1.54, 1.807) is 12.1 Å². The molecule has 0 bridgehead atoms. The van der Waals surface area contributed by atoms with Gasteiger partial charge in [0, 0.05) is 29.5 Å². The molecule has 2 aromatic carbocycles. The van der Waals surface area contributed by atoms with Crippen molar-refractivity contribution in [2.45, 2.75) is 69.8 Å². The highest BCUT2D eigenvalue weighted by Gasteiger charge is 2.43. The third-order valence-electron chi connectivity index (χ3n) is 7.91. The van der Waals surface area contributed by atoms with Gasteiger partial charge in [0.05, 0.1) is 19.0 Å². The number of carbonyl (C=O) groups is 2. The van der Waals surface area contributed by atoms with Crippen molar-refractivity contribution < 1.29 is 45.0 Å². The third-order valence-corrected chi connectivity index (χ3v) is 9.12. The van der Waals surface area contributed by atoms with Gasteiger partial charge in [-0.2, -0.15) is 0 Å². The molecule has 2 amide bonds. The van der Waals surface area contributed by atoms with Gasteiger partial charge in [0.15, 0.2) is 0 Å². The summed E-state index contributed by atoms with van der Waals surface area (Å²) in [6, 6.07) is 7.41. The van der Waals surface area contributed by atoms with Crippen molar-refractivity contribution in [1.29, 1.82) is 0 Å². The van der Waals surface area contributed by atoms with E-state index < -0.39 is 58.0 Å². The molecule has 0 radical (unpaired) electrons. The lowest BCUT2D eigenvalue weighted by atomic mass is 9.91. The molecule has 0 aromatic heterocycles. The maximum absolute atomic E-state index is 14.4. The summed E-state index contributed by atoms with van der Waals surface area (Å²) in [7, 11) is -3.80. The van der Waals surface area contributed by atoms with E-state index in [0.29, 0.717) is 22.4 Å². The van der Waals surface area contributed by atoms with E-state index in [9.17, 15) is 35.6 Å². The van der Waals surface area contributed by atoms with E-state index in [2.05, 4.69) is 36.0 Å². The number of hydrogen-bond acceptors (Lipinski definition) is 7. The molecule has 2 aliphatic heterocycles. The van der Waals surface area contributed by atoms with Crippen molar-refractivity contribution in [3.8, 4) is 5.75 Å². The summed E-state index contributed by atoms with van der Waals surface area (Å²) < 4.78 is 89.9. The van der Waals surface area contributed by atoms with Crippen LogP contribution in [0.5, 0.6) is 5.75 Å². The molecule has 2 fully saturated rings. The molecule has 0 spiro atoms. The van der Waals surface area contributed by atoms with Crippen LogP contribution in [0.4, 0.5) is 17.6 Å². The number of sulfonamides is 1. The van der Waals surface area contributed by atoms with Gasteiger partial charge in [0.1, 0.15) is 23.7 Å². The normalized spacial score (nSPS) is 20.0. The minimum absolute atomic E-state index is 0.0346. The number of nitrogens with zero attached hydrogens (tertiary/aromatic N) is 1. The number of halogens is 5. The fourth-order valence-electron chi connectivity index (χ4n) is 5.68. The van der Waals surface area contributed by atoms with Crippen LogP contribution in [0.1, 0.15) is 43.2 Å². The Morgan fingerprint density at radius 3 is 2.57 bits per heavy atom. The van der Waals surface area contributed by atoms with Crippen molar-refractivity contribution in [1.82, 2.24) is 20.3 Å². The molecule has 2 heterocycles. The van der Waals surface area contributed by atoms with Crippen LogP contribution in [0, 0.1) is 11.7 Å². The van der Waals surface area contributed by atoms with Crippen LogP contribution in [0.3, 0.4) is 0 Å². The number of alkyl halides is 3. The largest absolute Gasteiger partial charge is 0.573 e. The summed E-state index contributed by atoms with van der Waals surface area (Å²) in [5.41, 5.74) is 0.594. The summed E-state index contributed by atoms with van der Waals surface area (Å²) in [6.45, 7) is 1.32. The van der Waals surface area contributed by atoms with Crippen LogP contribution in [-0.4, -0.2) is 75.6 Å². The van der Waals surface area contributed by atoms with Crippen molar-refractivity contribution in [2.75, 3.05) is 25.9 Å². The molecule has 3 N–H and O–H groups in total. The Bertz CT molecular complexity index is 1480. The lowest BCUT2D eigenvalue weighted by Gasteiger charge is -2.30. The summed E-state index contributed by atoms with van der Waals surface area (Å²) in [5, 5.41) is 5.93. The highest BCUT2D eigenvalue weighted by molar-refractivity contribution is 9.10. The Morgan fingerprint density at radius 2 is 1.89 bits per heavy atom. The molecule has 4 rings (SSSR count). The highest BCUT2D eigenvalue weighted by atomic mass is 79.9. The fraction of sp³-hybridized carbons (Fsp3) is 0.533. The number of rotatable bonds is 13. The summed E-state index contributed by atoms with van der Waals surface area (Å²) >= 11 is 3.20. The van der Waals surface area contributed by atoms with Crippen LogP contribution in [0.25, 0.3) is 0 Å². The van der Waals surface area contributed by atoms with Crippen LogP contribution in [-0.2, 0) is 37.5 Å². The SMILES string of the molecule is CS(=O)(=O)N[C@H](CCC1CCNCC1)C(=O)N1C[C@H](OCc2ccc(Br)cc2F)C[C@H]1C(=O)NCc1cccc(OC(F)(F)F)c1. The summed E-state index contributed by atoms with van der Waals surface area (Å²) in [5.74, 6) is -1.84. The van der Waals surface area contributed by atoms with Crippen LogP contribution in [0.2, 0.25) is 0 Å². The van der Waals surface area contributed by atoms with Crippen molar-refractivity contribution in [3.05, 3.63) is 63.9 Å². The predicted octanol–water partition coefficient (Wildman–Crippen LogP) is 3.99. The molecule has 254 valence electrons.